The number of hydrogen-bond donors (Lipinski definition) is 1. The molecule has 0 amide bonds. The molecule has 0 aliphatic heterocycles. The summed E-state index contributed by atoms with van der Waals surface area (Å²) >= 11 is 0. The second-order valence-corrected chi connectivity index (χ2v) is 3.34. The first-order valence-corrected chi connectivity index (χ1v) is 5.40. The summed E-state index contributed by atoms with van der Waals surface area (Å²) in [5, 5.41) is 3.23. The first kappa shape index (κ1) is 12.0. The number of rotatable bonds is 6. The third-order valence-corrected chi connectivity index (χ3v) is 2.08. The molecule has 0 aliphatic rings. The molecular weight excluding hydrogens is 193 g/mol. The van der Waals surface area contributed by atoms with Crippen LogP contribution in [0.15, 0.2) is 18.2 Å². The second kappa shape index (κ2) is 6.40. The lowest BCUT2D eigenvalue weighted by Crippen LogP contribution is -2.15. The number of ether oxygens (including phenoxy) is 1. The van der Waals surface area contributed by atoms with Gasteiger partial charge in [0.2, 0.25) is 0 Å². The van der Waals surface area contributed by atoms with Crippen LogP contribution >= 0.6 is 0 Å². The largest absolute Gasteiger partial charge is 0.490 e. The van der Waals surface area contributed by atoms with Crippen molar-refractivity contribution in [3.05, 3.63) is 29.6 Å². The van der Waals surface area contributed by atoms with E-state index in [2.05, 4.69) is 12.2 Å². The fourth-order valence-electron chi connectivity index (χ4n) is 1.40. The molecular formula is C12H18FNO. The highest BCUT2D eigenvalue weighted by molar-refractivity contribution is 5.34. The summed E-state index contributed by atoms with van der Waals surface area (Å²) < 4.78 is 18.7. The number of halogens is 1. The van der Waals surface area contributed by atoms with Crippen LogP contribution in [0.4, 0.5) is 4.39 Å². The number of benzene rings is 1. The van der Waals surface area contributed by atoms with E-state index in [1.54, 1.807) is 6.07 Å². The zero-order valence-electron chi connectivity index (χ0n) is 9.35. The van der Waals surface area contributed by atoms with Crippen molar-refractivity contribution in [2.24, 2.45) is 0 Å². The van der Waals surface area contributed by atoms with Gasteiger partial charge in [-0.2, -0.15) is 0 Å². The Morgan fingerprint density at radius 1 is 1.33 bits per heavy atom. The SMILES string of the molecule is CCCNCc1cccc(F)c1OCC. The van der Waals surface area contributed by atoms with Crippen LogP contribution in [-0.2, 0) is 6.54 Å². The van der Waals surface area contributed by atoms with Gasteiger partial charge in [0.25, 0.3) is 0 Å². The molecule has 3 heteroatoms. The topological polar surface area (TPSA) is 21.3 Å². The van der Waals surface area contributed by atoms with E-state index in [4.69, 9.17) is 4.74 Å². The van der Waals surface area contributed by atoms with Crippen molar-refractivity contribution in [3.63, 3.8) is 0 Å². The molecule has 0 aliphatic carbocycles. The van der Waals surface area contributed by atoms with Crippen LogP contribution in [0, 0.1) is 5.82 Å². The molecule has 0 bridgehead atoms. The standard InChI is InChI=1S/C12H18FNO/c1-3-8-14-9-10-6-5-7-11(13)12(10)15-4-2/h5-7,14H,3-4,8-9H2,1-2H3. The minimum atomic E-state index is -0.285. The monoisotopic (exact) mass is 211 g/mol. The van der Waals surface area contributed by atoms with Crippen molar-refractivity contribution in [1.82, 2.24) is 5.32 Å². The maximum absolute atomic E-state index is 13.4. The van der Waals surface area contributed by atoms with Crippen molar-refractivity contribution >= 4 is 0 Å². The Morgan fingerprint density at radius 3 is 2.80 bits per heavy atom. The van der Waals surface area contributed by atoms with Gasteiger partial charge in [-0.3, -0.25) is 0 Å². The predicted octanol–water partition coefficient (Wildman–Crippen LogP) is 2.72. The van der Waals surface area contributed by atoms with E-state index >= 15 is 0 Å². The van der Waals surface area contributed by atoms with Crippen LogP contribution < -0.4 is 10.1 Å². The van der Waals surface area contributed by atoms with Gasteiger partial charge >= 0.3 is 0 Å². The number of nitrogens with one attached hydrogen (secondary N) is 1. The molecule has 15 heavy (non-hydrogen) atoms. The maximum Gasteiger partial charge on any atom is 0.165 e. The molecule has 0 spiro atoms. The summed E-state index contributed by atoms with van der Waals surface area (Å²) in [5.41, 5.74) is 0.880. The molecule has 84 valence electrons. The van der Waals surface area contributed by atoms with Crippen LogP contribution in [0.25, 0.3) is 0 Å². The quantitative estimate of drug-likeness (QED) is 0.730. The van der Waals surface area contributed by atoms with E-state index in [0.717, 1.165) is 18.5 Å². The number of para-hydroxylation sites is 1. The highest BCUT2D eigenvalue weighted by atomic mass is 19.1. The smallest absolute Gasteiger partial charge is 0.165 e. The first-order valence-electron chi connectivity index (χ1n) is 5.40. The van der Waals surface area contributed by atoms with Gasteiger partial charge in [0, 0.05) is 12.1 Å². The Kier molecular flexibility index (Phi) is 5.12. The second-order valence-electron chi connectivity index (χ2n) is 3.34. The van der Waals surface area contributed by atoms with Crippen molar-refractivity contribution in [2.45, 2.75) is 26.8 Å². The van der Waals surface area contributed by atoms with Crippen LogP contribution in [-0.4, -0.2) is 13.2 Å². The van der Waals surface area contributed by atoms with E-state index in [1.807, 2.05) is 13.0 Å². The molecule has 1 aromatic carbocycles. The summed E-state index contributed by atoms with van der Waals surface area (Å²) in [6, 6.07) is 5.02. The van der Waals surface area contributed by atoms with Gasteiger partial charge in [0.1, 0.15) is 0 Å². The van der Waals surface area contributed by atoms with Gasteiger partial charge in [-0.1, -0.05) is 19.1 Å². The van der Waals surface area contributed by atoms with E-state index in [-0.39, 0.29) is 5.82 Å². The summed E-state index contributed by atoms with van der Waals surface area (Å²) in [5.74, 6) is 0.0938. The van der Waals surface area contributed by atoms with Crippen molar-refractivity contribution in [1.29, 1.82) is 0 Å². The zero-order chi connectivity index (χ0) is 11.1. The van der Waals surface area contributed by atoms with Gasteiger partial charge < -0.3 is 10.1 Å². The Labute approximate surface area is 90.4 Å². The molecule has 1 N–H and O–H groups in total. The first-order chi connectivity index (χ1) is 7.29. The highest BCUT2D eigenvalue weighted by Gasteiger charge is 2.08. The molecule has 0 atom stereocenters. The summed E-state index contributed by atoms with van der Waals surface area (Å²) in [4.78, 5) is 0. The van der Waals surface area contributed by atoms with Crippen molar-refractivity contribution < 1.29 is 9.13 Å². The molecule has 0 saturated carbocycles. The molecule has 0 saturated heterocycles. The average Bonchev–Trinajstić information content (AvgIpc) is 2.23. The molecule has 0 unspecified atom stereocenters. The van der Waals surface area contributed by atoms with E-state index in [1.165, 1.54) is 6.07 Å². The van der Waals surface area contributed by atoms with Gasteiger partial charge in [0.05, 0.1) is 6.61 Å². The summed E-state index contributed by atoms with van der Waals surface area (Å²) in [7, 11) is 0. The van der Waals surface area contributed by atoms with Crippen LogP contribution in [0.2, 0.25) is 0 Å². The van der Waals surface area contributed by atoms with E-state index < -0.39 is 0 Å². The fraction of sp³-hybridized carbons (Fsp3) is 0.500. The van der Waals surface area contributed by atoms with Crippen LogP contribution in [0.5, 0.6) is 5.75 Å². The normalized spacial score (nSPS) is 10.3. The van der Waals surface area contributed by atoms with Crippen LogP contribution in [0.3, 0.4) is 0 Å². The minimum Gasteiger partial charge on any atom is -0.490 e. The lowest BCUT2D eigenvalue weighted by atomic mass is 10.2. The van der Waals surface area contributed by atoms with Gasteiger partial charge in [0.15, 0.2) is 11.6 Å². The molecule has 0 heterocycles. The molecule has 0 aromatic heterocycles. The van der Waals surface area contributed by atoms with Gasteiger partial charge in [-0.15, -0.1) is 0 Å². The van der Waals surface area contributed by atoms with Gasteiger partial charge in [-0.05, 0) is 26.0 Å². The highest BCUT2D eigenvalue weighted by Crippen LogP contribution is 2.22. The number of hydrogen-bond acceptors (Lipinski definition) is 2. The lowest BCUT2D eigenvalue weighted by molar-refractivity contribution is 0.316. The Balaban J connectivity index is 2.71. The third-order valence-electron chi connectivity index (χ3n) is 2.08. The van der Waals surface area contributed by atoms with Crippen molar-refractivity contribution in [3.8, 4) is 5.75 Å². The molecule has 2 nitrogen and oxygen atoms in total. The molecule has 1 rings (SSSR count). The van der Waals surface area contributed by atoms with E-state index in [9.17, 15) is 4.39 Å². The average molecular weight is 211 g/mol. The minimum absolute atomic E-state index is 0.285. The lowest BCUT2D eigenvalue weighted by Gasteiger charge is -2.11. The molecule has 0 radical (unpaired) electrons. The predicted molar refractivity (Wildman–Crippen MR) is 59.6 cm³/mol. The molecule has 1 aromatic rings. The fourth-order valence-corrected chi connectivity index (χ4v) is 1.40. The Hall–Kier alpha value is -1.09. The summed E-state index contributed by atoms with van der Waals surface area (Å²) in [6.07, 6.45) is 1.07. The van der Waals surface area contributed by atoms with Crippen LogP contribution in [0.1, 0.15) is 25.8 Å². The third kappa shape index (κ3) is 3.51. The zero-order valence-corrected chi connectivity index (χ0v) is 9.35. The molecule has 0 fully saturated rings. The Bertz CT molecular complexity index is 302. The maximum atomic E-state index is 13.4. The van der Waals surface area contributed by atoms with Crippen molar-refractivity contribution in [2.75, 3.05) is 13.2 Å². The summed E-state index contributed by atoms with van der Waals surface area (Å²) in [6.45, 7) is 6.03. The van der Waals surface area contributed by atoms with Gasteiger partial charge in [-0.25, -0.2) is 4.39 Å². The van der Waals surface area contributed by atoms with E-state index in [0.29, 0.717) is 18.9 Å². The Morgan fingerprint density at radius 2 is 2.13 bits per heavy atom.